The zero-order valence-corrected chi connectivity index (χ0v) is 45.2. The summed E-state index contributed by atoms with van der Waals surface area (Å²) in [4.78, 5) is 67.8. The molecule has 4 aliphatic carbocycles. The maximum atomic E-state index is 15.2. The fraction of sp³-hybridized carbons (Fsp3) is 0.554. The van der Waals surface area contributed by atoms with E-state index in [2.05, 4.69) is 29.2 Å². The monoisotopic (exact) mass is 1020 g/mol. The highest BCUT2D eigenvalue weighted by atomic mass is 32.1. The molecule has 4 fully saturated rings. The van der Waals surface area contributed by atoms with E-state index in [4.69, 9.17) is 29.0 Å². The van der Waals surface area contributed by atoms with Gasteiger partial charge in [-0.3, -0.25) is 15.2 Å². The van der Waals surface area contributed by atoms with Gasteiger partial charge in [0.1, 0.15) is 28.4 Å². The number of aromatic nitrogens is 4. The van der Waals surface area contributed by atoms with E-state index < -0.39 is 52.3 Å². The molecule has 390 valence electrons. The lowest BCUT2D eigenvalue weighted by Gasteiger charge is -2.69. The first-order valence-electron chi connectivity index (χ1n) is 25.4. The first-order valence-corrected chi connectivity index (χ1v) is 26.2. The number of hydrogen-bond acceptors (Lipinski definition) is 13. The number of esters is 1. The molecular formula is C56H70FN7O8S. The molecule has 4 heterocycles. The highest BCUT2D eigenvalue weighted by molar-refractivity contribution is 7.22. The Hall–Kier alpha value is -5.94. The van der Waals surface area contributed by atoms with Gasteiger partial charge in [-0.15, -0.1) is 0 Å². The lowest BCUT2D eigenvalue weighted by molar-refractivity contribution is -0.245. The first kappa shape index (κ1) is 51.9. The summed E-state index contributed by atoms with van der Waals surface area (Å²) in [5.41, 5.74) is 2.22. The summed E-state index contributed by atoms with van der Waals surface area (Å²) < 4.78 is 40.4. The van der Waals surface area contributed by atoms with Gasteiger partial charge in [-0.1, -0.05) is 37.3 Å². The fourth-order valence-electron chi connectivity index (χ4n) is 13.2. The summed E-state index contributed by atoms with van der Waals surface area (Å²) >= 11 is 1.35. The number of carbonyl (C=O) groups is 4. The number of ether oxygens (including phenoxy) is 4. The van der Waals surface area contributed by atoms with Gasteiger partial charge in [0.25, 0.3) is 5.91 Å². The van der Waals surface area contributed by atoms with Gasteiger partial charge in [0, 0.05) is 35.5 Å². The molecule has 15 nitrogen and oxygen atoms in total. The lowest BCUT2D eigenvalue weighted by Crippen LogP contribution is -2.64. The molecule has 2 N–H and O–H groups in total. The van der Waals surface area contributed by atoms with Crippen molar-refractivity contribution in [2.24, 2.45) is 16.2 Å². The molecule has 2 aromatic carbocycles. The number of imide groups is 1. The van der Waals surface area contributed by atoms with Crippen LogP contribution in [0.2, 0.25) is 0 Å². The molecule has 1 aliphatic heterocycles. The number of nitrogens with one attached hydrogen (secondary N) is 2. The number of pyridine rings is 1. The number of anilines is 2. The quantitative estimate of drug-likeness (QED) is 0.0946. The van der Waals surface area contributed by atoms with Crippen molar-refractivity contribution in [1.82, 2.24) is 25.1 Å². The maximum absolute atomic E-state index is 15.2. The Kier molecular flexibility index (Phi) is 13.1. The highest BCUT2D eigenvalue weighted by Gasteiger charge is 2.66. The van der Waals surface area contributed by atoms with Gasteiger partial charge in [-0.05, 0) is 184 Å². The predicted molar refractivity (Wildman–Crippen MR) is 278 cm³/mol. The Labute approximate surface area is 431 Å². The van der Waals surface area contributed by atoms with E-state index in [1.54, 1.807) is 41.5 Å². The van der Waals surface area contributed by atoms with Gasteiger partial charge < -0.3 is 23.8 Å². The Morgan fingerprint density at radius 1 is 0.836 bits per heavy atom. The Bertz CT molecular complexity index is 2920. The number of aryl methyl sites for hydroxylation is 1. The van der Waals surface area contributed by atoms with Crippen LogP contribution in [0.4, 0.5) is 24.9 Å². The maximum Gasteiger partial charge on any atom is 0.419 e. The number of benzene rings is 2. The summed E-state index contributed by atoms with van der Waals surface area (Å²) in [5, 5.41) is 11.6. The molecule has 73 heavy (non-hydrogen) atoms. The van der Waals surface area contributed by atoms with E-state index in [-0.39, 0.29) is 47.2 Å². The number of amides is 3. The molecule has 0 spiro atoms. The van der Waals surface area contributed by atoms with E-state index in [0.29, 0.717) is 41.5 Å². The lowest BCUT2D eigenvalue weighted by atomic mass is 9.38. The number of thiazole rings is 1. The SMILES string of the molecule is Cc1[nH]nc(CC23CC4(C)CC(C)(C2)CC(OCCN(C(=O)OC(C)(C)C)C(=O)OC(C)(C)C)(C4)C3)c1-c1ccc(N2CCc3cc(F)cc(C(=O)Nc4nc5ccccc5s4)c3C2)nc1C(=O)OC(C)(C)C. The second-order valence-electron chi connectivity index (χ2n) is 24.9. The summed E-state index contributed by atoms with van der Waals surface area (Å²) in [6, 6.07) is 14.2. The molecule has 0 radical (unpaired) electrons. The van der Waals surface area contributed by atoms with Crippen molar-refractivity contribution >= 4 is 56.6 Å². The Morgan fingerprint density at radius 2 is 1.49 bits per heavy atom. The third-order valence-corrected chi connectivity index (χ3v) is 15.3. The minimum atomic E-state index is -0.824. The van der Waals surface area contributed by atoms with Crippen molar-refractivity contribution < 1.29 is 42.5 Å². The molecule has 4 saturated carbocycles. The molecule has 0 saturated heterocycles. The van der Waals surface area contributed by atoms with Gasteiger partial charge in [0.2, 0.25) is 0 Å². The number of fused-ring (bicyclic) bond motifs is 2. The molecule has 3 amide bonds. The number of halogens is 1. The normalized spacial score (nSPS) is 23.5. The van der Waals surface area contributed by atoms with Gasteiger partial charge >= 0.3 is 18.2 Å². The van der Waals surface area contributed by atoms with Gasteiger partial charge in [-0.2, -0.15) is 5.10 Å². The van der Waals surface area contributed by atoms with Crippen LogP contribution in [0.5, 0.6) is 0 Å². The van der Waals surface area contributed by atoms with E-state index in [0.717, 1.165) is 76.2 Å². The summed E-state index contributed by atoms with van der Waals surface area (Å²) in [6.45, 7) is 23.5. The minimum absolute atomic E-state index is 0.0326. The predicted octanol–water partition coefficient (Wildman–Crippen LogP) is 12.1. The Morgan fingerprint density at radius 3 is 2.14 bits per heavy atom. The van der Waals surface area contributed by atoms with Crippen LogP contribution in [0.15, 0.2) is 48.5 Å². The van der Waals surface area contributed by atoms with E-state index in [1.807, 2.05) is 69.0 Å². The second-order valence-corrected chi connectivity index (χ2v) is 26.0. The molecule has 2 atom stereocenters. The number of H-pyrrole nitrogens is 1. The fourth-order valence-corrected chi connectivity index (χ4v) is 14.0. The van der Waals surface area contributed by atoms with Crippen molar-refractivity contribution in [3.8, 4) is 11.1 Å². The molecular weight excluding hydrogens is 950 g/mol. The van der Waals surface area contributed by atoms with Crippen molar-refractivity contribution in [3.63, 3.8) is 0 Å². The number of nitrogens with zero attached hydrogens (tertiary/aromatic N) is 5. The van der Waals surface area contributed by atoms with Crippen LogP contribution in [0, 0.1) is 29.0 Å². The number of aromatic amines is 1. The van der Waals surface area contributed by atoms with Crippen LogP contribution in [-0.4, -0.2) is 91.2 Å². The van der Waals surface area contributed by atoms with Crippen molar-refractivity contribution in [2.45, 2.75) is 163 Å². The number of hydrogen-bond donors (Lipinski definition) is 2. The third-order valence-electron chi connectivity index (χ3n) is 14.3. The Balaban J connectivity index is 0.998. The molecule has 10 rings (SSSR count). The largest absolute Gasteiger partial charge is 0.455 e. The molecule has 2 unspecified atom stereocenters. The molecule has 4 bridgehead atoms. The zero-order chi connectivity index (χ0) is 52.7. The molecule has 5 aliphatic rings. The van der Waals surface area contributed by atoms with Crippen LogP contribution in [0.1, 0.15) is 158 Å². The highest BCUT2D eigenvalue weighted by Crippen LogP contribution is 2.72. The van der Waals surface area contributed by atoms with Gasteiger partial charge in [-0.25, -0.2) is 33.6 Å². The average molecular weight is 1020 g/mol. The number of rotatable bonds is 11. The van der Waals surface area contributed by atoms with E-state index >= 15 is 4.39 Å². The topological polar surface area (TPSA) is 178 Å². The molecule has 5 aromatic rings. The second kappa shape index (κ2) is 18.5. The van der Waals surface area contributed by atoms with Crippen molar-refractivity contribution in [2.75, 3.05) is 29.9 Å². The van der Waals surface area contributed by atoms with Crippen LogP contribution in [-0.2, 0) is 38.3 Å². The third kappa shape index (κ3) is 11.3. The van der Waals surface area contributed by atoms with Gasteiger partial charge in [0.05, 0.1) is 34.7 Å². The van der Waals surface area contributed by atoms with Crippen LogP contribution in [0.3, 0.4) is 0 Å². The van der Waals surface area contributed by atoms with Crippen molar-refractivity contribution in [1.29, 1.82) is 0 Å². The van der Waals surface area contributed by atoms with Crippen LogP contribution < -0.4 is 10.2 Å². The van der Waals surface area contributed by atoms with Gasteiger partial charge in [0.15, 0.2) is 10.8 Å². The van der Waals surface area contributed by atoms with Crippen LogP contribution in [0.25, 0.3) is 21.3 Å². The smallest absolute Gasteiger partial charge is 0.419 e. The summed E-state index contributed by atoms with van der Waals surface area (Å²) in [7, 11) is 0. The van der Waals surface area contributed by atoms with Crippen molar-refractivity contribution in [3.05, 3.63) is 88.1 Å². The number of carbonyl (C=O) groups excluding carboxylic acids is 4. The van der Waals surface area contributed by atoms with E-state index in [9.17, 15) is 19.2 Å². The first-order chi connectivity index (χ1) is 34.0. The standard InChI is InChI=1S/C56H70FN7O8S/c1-33-43(40(62-61-33)25-55-28-53(11)27-54(12,29-55)31-56(30-53,32-55)69-22-21-64(48(67)71-51(5,6)7)49(68)72-52(8,9)10)36-17-18-42(59-44(36)46(66)70-50(2,3)4)63-20-19-34-23-35(57)24-37(38(34)26-63)45(65)60-47-58-39-15-13-14-16-41(39)73-47/h13-18,23-24H,19-22,25-32H2,1-12H3,(H,61,62)(H,58,60,65). The summed E-state index contributed by atoms with van der Waals surface area (Å²) in [6.07, 6.45) is 4.93. The zero-order valence-electron chi connectivity index (χ0n) is 44.4. The minimum Gasteiger partial charge on any atom is -0.455 e. The number of para-hydroxylation sites is 1. The van der Waals surface area contributed by atoms with E-state index in [1.165, 1.54) is 23.5 Å². The summed E-state index contributed by atoms with van der Waals surface area (Å²) in [5.74, 6) is -1.03. The average Bonchev–Trinajstić information content (AvgIpc) is 3.82. The molecule has 3 aromatic heterocycles. The van der Waals surface area contributed by atoms with Crippen LogP contribution >= 0.6 is 11.3 Å². The molecule has 17 heteroatoms.